The highest BCUT2D eigenvalue weighted by atomic mass is 127. The molecular weight excluding hydrogens is 453 g/mol. The van der Waals surface area contributed by atoms with E-state index in [2.05, 4.69) is 20.0 Å². The lowest BCUT2D eigenvalue weighted by Crippen LogP contribution is -2.38. The third-order valence-electron chi connectivity index (χ3n) is 4.08. The number of aromatic nitrogens is 2. The third-order valence-corrected chi connectivity index (χ3v) is 4.32. The number of nitrogens with zero attached hydrogens (tertiary/aromatic N) is 4. The molecule has 0 atom stereocenters. The van der Waals surface area contributed by atoms with Crippen molar-refractivity contribution in [1.82, 2.24) is 15.0 Å². The summed E-state index contributed by atoms with van der Waals surface area (Å²) in [6.45, 7) is 2.53. The molecule has 0 bridgehead atoms. The maximum Gasteiger partial charge on any atom is 0.228 e. The zero-order chi connectivity index (χ0) is 16.8. The smallest absolute Gasteiger partial charge is 0.228 e. The van der Waals surface area contributed by atoms with Gasteiger partial charge in [0.15, 0.2) is 5.96 Å². The zero-order valence-electron chi connectivity index (χ0n) is 14.0. The van der Waals surface area contributed by atoms with Crippen molar-refractivity contribution in [2.45, 2.75) is 32.1 Å². The lowest BCUT2D eigenvalue weighted by Gasteiger charge is -2.20. The highest BCUT2D eigenvalue weighted by Crippen LogP contribution is 2.20. The minimum absolute atomic E-state index is 0. The van der Waals surface area contributed by atoms with E-state index in [0.29, 0.717) is 35.7 Å². The molecule has 1 aliphatic rings. The van der Waals surface area contributed by atoms with Gasteiger partial charge in [0.25, 0.3) is 0 Å². The minimum atomic E-state index is 0. The van der Waals surface area contributed by atoms with Gasteiger partial charge in [0.2, 0.25) is 11.7 Å². The van der Waals surface area contributed by atoms with Gasteiger partial charge in [-0.05, 0) is 25.0 Å². The van der Waals surface area contributed by atoms with Crippen LogP contribution in [0.4, 0.5) is 0 Å². The van der Waals surface area contributed by atoms with Crippen molar-refractivity contribution >= 4 is 41.5 Å². The summed E-state index contributed by atoms with van der Waals surface area (Å²) in [5.74, 6) is 1.71. The molecule has 0 amide bonds. The number of likely N-dealkylation sites (tertiary alicyclic amines) is 1. The standard InChI is InChI=1S/C17H22ClN5O.HI/c18-14-7-5-6-13(12-14)16-21-15(24-22-16)8-9-20-17(19)23-10-3-1-2-4-11-23;/h5-7,12H,1-4,8-11H2,(H2,19,20);1H. The van der Waals surface area contributed by atoms with Gasteiger partial charge in [-0.25, -0.2) is 0 Å². The molecule has 2 heterocycles. The first-order chi connectivity index (χ1) is 11.7. The quantitative estimate of drug-likeness (QED) is 0.414. The van der Waals surface area contributed by atoms with E-state index in [9.17, 15) is 0 Å². The van der Waals surface area contributed by atoms with E-state index in [4.69, 9.17) is 21.9 Å². The van der Waals surface area contributed by atoms with Crippen LogP contribution in [0.2, 0.25) is 5.02 Å². The predicted octanol–water partition coefficient (Wildman–Crippen LogP) is 3.74. The molecule has 3 rings (SSSR count). The summed E-state index contributed by atoms with van der Waals surface area (Å²) in [7, 11) is 0. The van der Waals surface area contributed by atoms with Crippen LogP contribution < -0.4 is 5.73 Å². The normalized spacial score (nSPS) is 15.6. The van der Waals surface area contributed by atoms with Crippen molar-refractivity contribution in [2.24, 2.45) is 10.7 Å². The van der Waals surface area contributed by atoms with Crippen molar-refractivity contribution in [1.29, 1.82) is 0 Å². The van der Waals surface area contributed by atoms with Crippen LogP contribution in [0.3, 0.4) is 0 Å². The summed E-state index contributed by atoms with van der Waals surface area (Å²) in [4.78, 5) is 11.0. The van der Waals surface area contributed by atoms with E-state index in [1.165, 1.54) is 25.7 Å². The molecular formula is C17H23ClIN5O. The number of rotatable bonds is 4. The lowest BCUT2D eigenvalue weighted by atomic mass is 10.2. The van der Waals surface area contributed by atoms with Gasteiger partial charge in [-0.2, -0.15) is 4.98 Å². The number of nitrogens with two attached hydrogens (primary N) is 1. The fourth-order valence-electron chi connectivity index (χ4n) is 2.77. The number of guanidine groups is 1. The molecule has 1 aromatic carbocycles. The Bertz CT molecular complexity index is 698. The van der Waals surface area contributed by atoms with Crippen molar-refractivity contribution < 1.29 is 4.52 Å². The van der Waals surface area contributed by atoms with E-state index in [-0.39, 0.29) is 24.0 Å². The van der Waals surface area contributed by atoms with E-state index >= 15 is 0 Å². The molecule has 0 radical (unpaired) electrons. The predicted molar refractivity (Wildman–Crippen MR) is 110 cm³/mol. The Morgan fingerprint density at radius 2 is 2.00 bits per heavy atom. The number of benzene rings is 1. The summed E-state index contributed by atoms with van der Waals surface area (Å²) >= 11 is 5.98. The summed E-state index contributed by atoms with van der Waals surface area (Å²) in [5.41, 5.74) is 6.93. The molecule has 6 nitrogen and oxygen atoms in total. The van der Waals surface area contributed by atoms with Crippen LogP contribution in [0, 0.1) is 0 Å². The van der Waals surface area contributed by atoms with Gasteiger partial charge in [-0.3, -0.25) is 4.99 Å². The summed E-state index contributed by atoms with van der Waals surface area (Å²) in [6.07, 6.45) is 5.49. The minimum Gasteiger partial charge on any atom is -0.370 e. The Hall–Kier alpha value is -1.35. The average molecular weight is 476 g/mol. The van der Waals surface area contributed by atoms with Crippen LogP contribution in [0.5, 0.6) is 0 Å². The van der Waals surface area contributed by atoms with Gasteiger partial charge in [0.05, 0.1) is 6.54 Å². The Labute approximate surface area is 169 Å². The largest absolute Gasteiger partial charge is 0.370 e. The zero-order valence-corrected chi connectivity index (χ0v) is 17.1. The molecule has 1 aliphatic heterocycles. The third kappa shape index (κ3) is 5.85. The fraction of sp³-hybridized carbons (Fsp3) is 0.471. The van der Waals surface area contributed by atoms with E-state index in [1.54, 1.807) is 0 Å². The maximum atomic E-state index is 6.09. The molecule has 8 heteroatoms. The van der Waals surface area contributed by atoms with Gasteiger partial charge in [0, 0.05) is 30.1 Å². The SMILES string of the molecule is I.NC(=NCCc1nc(-c2cccc(Cl)c2)no1)N1CCCCCC1. The molecule has 0 spiro atoms. The van der Waals surface area contributed by atoms with Gasteiger partial charge < -0.3 is 15.2 Å². The molecule has 1 fully saturated rings. The number of aliphatic imine (C=N–C) groups is 1. The summed E-state index contributed by atoms with van der Waals surface area (Å²) in [5, 5.41) is 4.64. The highest BCUT2D eigenvalue weighted by molar-refractivity contribution is 14.0. The molecule has 136 valence electrons. The summed E-state index contributed by atoms with van der Waals surface area (Å²) < 4.78 is 5.28. The highest BCUT2D eigenvalue weighted by Gasteiger charge is 2.12. The first-order valence-corrected chi connectivity index (χ1v) is 8.73. The lowest BCUT2D eigenvalue weighted by molar-refractivity contribution is 0.379. The van der Waals surface area contributed by atoms with E-state index < -0.39 is 0 Å². The number of hydrogen-bond donors (Lipinski definition) is 1. The molecule has 25 heavy (non-hydrogen) atoms. The van der Waals surface area contributed by atoms with Crippen LogP contribution in [0.1, 0.15) is 31.6 Å². The molecule has 2 N–H and O–H groups in total. The van der Waals surface area contributed by atoms with Crippen LogP contribution in [0.15, 0.2) is 33.8 Å². The van der Waals surface area contributed by atoms with E-state index in [1.807, 2.05) is 24.3 Å². The molecule has 0 aliphatic carbocycles. The first kappa shape index (κ1) is 20.0. The molecule has 1 aromatic heterocycles. The van der Waals surface area contributed by atoms with Crippen molar-refractivity contribution in [2.75, 3.05) is 19.6 Å². The Morgan fingerprint density at radius 1 is 1.24 bits per heavy atom. The second kappa shape index (κ2) is 9.96. The first-order valence-electron chi connectivity index (χ1n) is 8.36. The second-order valence-corrected chi connectivity index (χ2v) is 6.35. The Balaban J connectivity index is 0.00000225. The van der Waals surface area contributed by atoms with Crippen LogP contribution >= 0.6 is 35.6 Å². The maximum absolute atomic E-state index is 6.09. The van der Waals surface area contributed by atoms with Crippen molar-refractivity contribution in [3.8, 4) is 11.4 Å². The van der Waals surface area contributed by atoms with Crippen LogP contribution in [0.25, 0.3) is 11.4 Å². The van der Waals surface area contributed by atoms with Gasteiger partial charge >= 0.3 is 0 Å². The number of hydrogen-bond acceptors (Lipinski definition) is 4. The Morgan fingerprint density at radius 3 is 2.72 bits per heavy atom. The second-order valence-electron chi connectivity index (χ2n) is 5.91. The van der Waals surface area contributed by atoms with E-state index in [0.717, 1.165) is 18.7 Å². The number of halogens is 2. The summed E-state index contributed by atoms with van der Waals surface area (Å²) in [6, 6.07) is 7.38. The van der Waals surface area contributed by atoms with Crippen molar-refractivity contribution in [3.05, 3.63) is 35.2 Å². The topological polar surface area (TPSA) is 80.5 Å². The van der Waals surface area contributed by atoms with Crippen LogP contribution in [-0.4, -0.2) is 40.6 Å². The van der Waals surface area contributed by atoms with Gasteiger partial charge in [-0.15, -0.1) is 24.0 Å². The molecule has 0 unspecified atom stereocenters. The fourth-order valence-corrected chi connectivity index (χ4v) is 2.96. The average Bonchev–Trinajstić information content (AvgIpc) is 2.88. The molecule has 1 saturated heterocycles. The van der Waals surface area contributed by atoms with Crippen LogP contribution in [-0.2, 0) is 6.42 Å². The van der Waals surface area contributed by atoms with Gasteiger partial charge in [0.1, 0.15) is 0 Å². The van der Waals surface area contributed by atoms with Crippen molar-refractivity contribution in [3.63, 3.8) is 0 Å². The Kier molecular flexibility index (Phi) is 7.95. The molecule has 2 aromatic rings. The van der Waals surface area contributed by atoms with Gasteiger partial charge in [-0.1, -0.05) is 41.7 Å². The molecule has 0 saturated carbocycles. The monoisotopic (exact) mass is 475 g/mol.